The van der Waals surface area contributed by atoms with E-state index >= 15 is 0 Å². The lowest BCUT2D eigenvalue weighted by atomic mass is 10.3. The summed E-state index contributed by atoms with van der Waals surface area (Å²) in [7, 11) is -4.67. The molecule has 0 aliphatic heterocycles. The van der Waals surface area contributed by atoms with E-state index in [0.29, 0.717) is 0 Å². The van der Waals surface area contributed by atoms with Gasteiger partial charge in [-0.2, -0.15) is 8.42 Å². The molecule has 9 heteroatoms. The molecule has 0 spiro atoms. The summed E-state index contributed by atoms with van der Waals surface area (Å²) in [6.07, 6.45) is 0. The van der Waals surface area contributed by atoms with Gasteiger partial charge in [0.15, 0.2) is 0 Å². The normalized spacial score (nSPS) is 9.62. The highest BCUT2D eigenvalue weighted by Gasteiger charge is 1.85. The molecule has 6 N–H and O–H groups in total. The maximum absolute atomic E-state index is 8.74. The fourth-order valence-electron chi connectivity index (χ4n) is 0.905. The third-order valence-electron chi connectivity index (χ3n) is 1.70. The van der Waals surface area contributed by atoms with Crippen molar-refractivity contribution in [1.29, 1.82) is 0 Å². The molecule has 0 amide bonds. The lowest BCUT2D eigenvalue weighted by Gasteiger charge is -1.88. The molecule has 21 heavy (non-hydrogen) atoms. The molecule has 0 fully saturated rings. The van der Waals surface area contributed by atoms with Crippen LogP contribution in [0.1, 0.15) is 0 Å². The summed E-state index contributed by atoms with van der Waals surface area (Å²) < 4.78 is 31.6. The van der Waals surface area contributed by atoms with E-state index in [4.69, 9.17) is 37.9 Å². The third-order valence-corrected chi connectivity index (χ3v) is 1.70. The largest absolute Gasteiger partial charge is 0.508 e. The average Bonchev–Trinajstić information content (AvgIpc) is 2.35. The van der Waals surface area contributed by atoms with Gasteiger partial charge in [0.25, 0.3) is 0 Å². The van der Waals surface area contributed by atoms with Crippen LogP contribution in [-0.2, 0) is 10.4 Å². The highest BCUT2D eigenvalue weighted by atomic mass is 32.3. The number of aromatic hydroxyl groups is 4. The second-order valence-corrected chi connectivity index (χ2v) is 4.38. The molecule has 0 unspecified atom stereocenters. The van der Waals surface area contributed by atoms with Gasteiger partial charge in [-0.15, -0.1) is 0 Å². The van der Waals surface area contributed by atoms with Crippen molar-refractivity contribution >= 4 is 10.4 Å². The molecule has 0 aliphatic carbocycles. The second kappa shape index (κ2) is 8.64. The van der Waals surface area contributed by atoms with Crippen LogP contribution in [0.4, 0.5) is 0 Å². The minimum atomic E-state index is -4.67. The monoisotopic (exact) mass is 318 g/mol. The quantitative estimate of drug-likeness (QED) is 0.315. The van der Waals surface area contributed by atoms with Crippen molar-refractivity contribution in [2.45, 2.75) is 0 Å². The molecular formula is C12H14O8S. The smallest absolute Gasteiger partial charge is 0.394 e. The Morgan fingerprint density at radius 3 is 0.714 bits per heavy atom. The number of hydrogen-bond acceptors (Lipinski definition) is 6. The molecule has 2 aromatic carbocycles. The fourth-order valence-corrected chi connectivity index (χ4v) is 0.905. The maximum atomic E-state index is 8.74. The molecule has 0 aliphatic rings. The van der Waals surface area contributed by atoms with Crippen LogP contribution in [0.3, 0.4) is 0 Å². The zero-order valence-corrected chi connectivity index (χ0v) is 11.3. The van der Waals surface area contributed by atoms with Crippen LogP contribution in [-0.4, -0.2) is 37.9 Å². The Balaban J connectivity index is 0.000000296. The first kappa shape index (κ1) is 18.5. The summed E-state index contributed by atoms with van der Waals surface area (Å²) in [4.78, 5) is 0. The summed E-state index contributed by atoms with van der Waals surface area (Å²) in [6.45, 7) is 0. The molecule has 8 nitrogen and oxygen atoms in total. The summed E-state index contributed by atoms with van der Waals surface area (Å²) in [6, 6.07) is 11.4. The van der Waals surface area contributed by atoms with E-state index in [1.807, 2.05) is 0 Å². The number of phenols is 4. The van der Waals surface area contributed by atoms with Gasteiger partial charge in [0.1, 0.15) is 23.0 Å². The van der Waals surface area contributed by atoms with Crippen molar-refractivity contribution < 1.29 is 37.9 Å². The number of rotatable bonds is 0. The predicted octanol–water partition coefficient (Wildman–Crippen LogP) is 1.54. The Morgan fingerprint density at radius 1 is 0.524 bits per heavy atom. The molecule has 0 saturated carbocycles. The van der Waals surface area contributed by atoms with Crippen LogP contribution >= 0.6 is 0 Å². The predicted molar refractivity (Wildman–Crippen MR) is 73.7 cm³/mol. The van der Waals surface area contributed by atoms with Crippen LogP contribution in [0, 0.1) is 0 Å². The Morgan fingerprint density at radius 2 is 0.619 bits per heavy atom. The Kier molecular flexibility index (Phi) is 7.61. The second-order valence-electron chi connectivity index (χ2n) is 3.48. The zero-order valence-electron chi connectivity index (χ0n) is 10.5. The van der Waals surface area contributed by atoms with E-state index in [2.05, 4.69) is 0 Å². The summed E-state index contributed by atoms with van der Waals surface area (Å²) in [5.74, 6) is 0.677. The van der Waals surface area contributed by atoms with Gasteiger partial charge in [-0.05, 0) is 48.5 Å². The fraction of sp³-hybridized carbons (Fsp3) is 0. The van der Waals surface area contributed by atoms with Crippen LogP contribution in [0.15, 0.2) is 48.5 Å². The van der Waals surface area contributed by atoms with Gasteiger partial charge in [0.2, 0.25) is 0 Å². The van der Waals surface area contributed by atoms with E-state index < -0.39 is 10.4 Å². The third kappa shape index (κ3) is 13.7. The highest BCUT2D eigenvalue weighted by Crippen LogP contribution is 2.13. The van der Waals surface area contributed by atoms with E-state index in [-0.39, 0.29) is 23.0 Å². The van der Waals surface area contributed by atoms with Gasteiger partial charge in [0.05, 0.1) is 0 Å². The van der Waals surface area contributed by atoms with Gasteiger partial charge >= 0.3 is 10.4 Å². The Labute approximate surface area is 120 Å². The summed E-state index contributed by atoms with van der Waals surface area (Å²) in [5, 5.41) is 34.6. The van der Waals surface area contributed by atoms with Crippen LogP contribution < -0.4 is 0 Å². The molecule has 0 bridgehead atoms. The van der Waals surface area contributed by atoms with Gasteiger partial charge < -0.3 is 20.4 Å². The molecular weight excluding hydrogens is 304 g/mol. The van der Waals surface area contributed by atoms with Crippen molar-refractivity contribution in [2.24, 2.45) is 0 Å². The number of benzene rings is 2. The molecule has 0 heterocycles. The van der Waals surface area contributed by atoms with Crippen LogP contribution in [0.2, 0.25) is 0 Å². The first-order valence-electron chi connectivity index (χ1n) is 5.24. The number of hydrogen-bond donors (Lipinski definition) is 6. The van der Waals surface area contributed by atoms with E-state index in [9.17, 15) is 0 Å². The average molecular weight is 318 g/mol. The maximum Gasteiger partial charge on any atom is 0.394 e. The lowest BCUT2D eigenvalue weighted by Crippen LogP contribution is -1.89. The molecule has 0 aromatic heterocycles. The van der Waals surface area contributed by atoms with E-state index in [1.165, 1.54) is 48.5 Å². The molecule has 0 saturated heterocycles. The van der Waals surface area contributed by atoms with Crippen LogP contribution in [0.5, 0.6) is 23.0 Å². The number of phenolic OH excluding ortho intramolecular Hbond substituents is 4. The van der Waals surface area contributed by atoms with E-state index in [0.717, 1.165) is 0 Å². The first-order valence-corrected chi connectivity index (χ1v) is 6.63. The van der Waals surface area contributed by atoms with Gasteiger partial charge in [-0.1, -0.05) is 0 Å². The van der Waals surface area contributed by atoms with Gasteiger partial charge in [0, 0.05) is 0 Å². The van der Waals surface area contributed by atoms with Crippen molar-refractivity contribution in [3.8, 4) is 23.0 Å². The minimum absolute atomic E-state index is 0.169. The highest BCUT2D eigenvalue weighted by molar-refractivity contribution is 7.79. The standard InChI is InChI=1S/2C6H6O2.H2O4S/c2*7-5-1-2-6(8)4-3-5;1-5(2,3)4/h2*1-4,7-8H;(H2,1,2,3,4). The molecule has 2 rings (SSSR count). The van der Waals surface area contributed by atoms with Crippen molar-refractivity contribution in [3.05, 3.63) is 48.5 Å². The Hall–Kier alpha value is -2.49. The van der Waals surface area contributed by atoms with Crippen molar-refractivity contribution in [1.82, 2.24) is 0 Å². The van der Waals surface area contributed by atoms with Crippen molar-refractivity contribution in [2.75, 3.05) is 0 Å². The molecule has 2 aromatic rings. The molecule has 0 atom stereocenters. The SMILES string of the molecule is O=S(=O)(O)O.Oc1ccc(O)cc1.Oc1ccc(O)cc1. The zero-order chi connectivity index (χ0) is 16.5. The Bertz CT molecular complexity index is 526. The molecule has 0 radical (unpaired) electrons. The molecule has 116 valence electrons. The minimum Gasteiger partial charge on any atom is -0.508 e. The lowest BCUT2D eigenvalue weighted by molar-refractivity contribution is 0.381. The van der Waals surface area contributed by atoms with E-state index in [1.54, 1.807) is 0 Å². The van der Waals surface area contributed by atoms with Gasteiger partial charge in [-0.25, -0.2) is 0 Å². The summed E-state index contributed by atoms with van der Waals surface area (Å²) >= 11 is 0. The topological polar surface area (TPSA) is 156 Å². The van der Waals surface area contributed by atoms with Crippen molar-refractivity contribution in [3.63, 3.8) is 0 Å². The van der Waals surface area contributed by atoms with Gasteiger partial charge in [-0.3, -0.25) is 9.11 Å². The first-order chi connectivity index (χ1) is 9.58. The van der Waals surface area contributed by atoms with Crippen LogP contribution in [0.25, 0.3) is 0 Å². The summed E-state index contributed by atoms with van der Waals surface area (Å²) in [5.41, 5.74) is 0.